The standard InChI is InChI=1S/C20H23ClN4O/c1-3-4-5-12-22-20(26)19-14-17(18-7-6-13-24(18)2)23-25(19)16-10-8-15(21)9-11-16/h6-11,13-14H,3-5,12H2,1-2H3,(H,22,26). The zero-order valence-electron chi connectivity index (χ0n) is 15.1. The van der Waals surface area contributed by atoms with Gasteiger partial charge in [0.1, 0.15) is 11.4 Å². The van der Waals surface area contributed by atoms with Crippen LogP contribution in [0.3, 0.4) is 0 Å². The highest BCUT2D eigenvalue weighted by molar-refractivity contribution is 6.30. The minimum absolute atomic E-state index is 0.121. The molecule has 0 spiro atoms. The third kappa shape index (κ3) is 3.99. The lowest BCUT2D eigenvalue weighted by Crippen LogP contribution is -2.26. The van der Waals surface area contributed by atoms with Crippen LogP contribution in [-0.4, -0.2) is 26.8 Å². The van der Waals surface area contributed by atoms with Gasteiger partial charge in [0.15, 0.2) is 0 Å². The van der Waals surface area contributed by atoms with Crippen molar-refractivity contribution in [3.8, 4) is 17.1 Å². The molecule has 3 aromatic rings. The second-order valence-corrected chi connectivity index (χ2v) is 6.71. The molecule has 136 valence electrons. The van der Waals surface area contributed by atoms with Crippen LogP contribution in [0.1, 0.15) is 36.7 Å². The van der Waals surface area contributed by atoms with Crippen molar-refractivity contribution in [2.24, 2.45) is 7.05 Å². The molecule has 1 N–H and O–H groups in total. The summed E-state index contributed by atoms with van der Waals surface area (Å²) in [5.41, 5.74) is 3.03. The summed E-state index contributed by atoms with van der Waals surface area (Å²) >= 11 is 5.99. The first-order valence-electron chi connectivity index (χ1n) is 8.86. The average Bonchev–Trinajstić information content (AvgIpc) is 3.25. The van der Waals surface area contributed by atoms with E-state index in [2.05, 4.69) is 17.3 Å². The zero-order valence-corrected chi connectivity index (χ0v) is 15.8. The van der Waals surface area contributed by atoms with Gasteiger partial charge in [-0.15, -0.1) is 0 Å². The number of hydrogen-bond donors (Lipinski definition) is 1. The summed E-state index contributed by atoms with van der Waals surface area (Å²) < 4.78 is 3.66. The lowest BCUT2D eigenvalue weighted by Gasteiger charge is -2.08. The summed E-state index contributed by atoms with van der Waals surface area (Å²) in [6.07, 6.45) is 5.16. The maximum Gasteiger partial charge on any atom is 0.270 e. The van der Waals surface area contributed by atoms with Gasteiger partial charge in [0.2, 0.25) is 0 Å². The molecule has 0 radical (unpaired) electrons. The zero-order chi connectivity index (χ0) is 18.5. The van der Waals surface area contributed by atoms with E-state index in [0.717, 1.165) is 36.3 Å². The molecule has 0 atom stereocenters. The molecule has 0 aliphatic rings. The molecule has 0 bridgehead atoms. The number of halogens is 1. The molecule has 1 amide bonds. The van der Waals surface area contributed by atoms with E-state index in [1.165, 1.54) is 0 Å². The first-order valence-corrected chi connectivity index (χ1v) is 9.24. The Hall–Kier alpha value is -2.53. The van der Waals surface area contributed by atoms with Crippen LogP contribution in [-0.2, 0) is 7.05 Å². The van der Waals surface area contributed by atoms with Gasteiger partial charge in [-0.3, -0.25) is 4.79 Å². The van der Waals surface area contributed by atoms with Crippen molar-refractivity contribution < 1.29 is 4.79 Å². The Bertz CT molecular complexity index is 880. The number of unbranched alkanes of at least 4 members (excludes halogenated alkanes) is 2. The Kier molecular flexibility index (Phi) is 5.78. The van der Waals surface area contributed by atoms with Crippen molar-refractivity contribution in [2.75, 3.05) is 6.54 Å². The number of benzene rings is 1. The lowest BCUT2D eigenvalue weighted by atomic mass is 10.2. The van der Waals surface area contributed by atoms with Gasteiger partial charge < -0.3 is 9.88 Å². The van der Waals surface area contributed by atoms with Gasteiger partial charge in [-0.25, -0.2) is 4.68 Å². The summed E-state index contributed by atoms with van der Waals surface area (Å²) in [5.74, 6) is -0.121. The number of carbonyl (C=O) groups excluding carboxylic acids is 1. The Labute approximate surface area is 158 Å². The Morgan fingerprint density at radius 2 is 1.96 bits per heavy atom. The quantitative estimate of drug-likeness (QED) is 0.624. The number of amides is 1. The van der Waals surface area contributed by atoms with Crippen LogP contribution < -0.4 is 5.32 Å². The van der Waals surface area contributed by atoms with Crippen molar-refractivity contribution >= 4 is 17.5 Å². The number of carbonyl (C=O) groups is 1. The second kappa shape index (κ2) is 8.23. The van der Waals surface area contributed by atoms with Gasteiger partial charge in [0.05, 0.1) is 11.4 Å². The normalized spacial score (nSPS) is 10.9. The fourth-order valence-electron chi connectivity index (χ4n) is 2.84. The lowest BCUT2D eigenvalue weighted by molar-refractivity contribution is 0.0945. The maximum atomic E-state index is 12.7. The van der Waals surface area contributed by atoms with Crippen molar-refractivity contribution in [3.63, 3.8) is 0 Å². The van der Waals surface area contributed by atoms with E-state index in [1.807, 2.05) is 48.1 Å². The number of rotatable bonds is 7. The molecule has 0 saturated heterocycles. The average molecular weight is 371 g/mol. The number of aromatic nitrogens is 3. The van der Waals surface area contributed by atoms with Crippen molar-refractivity contribution in [1.82, 2.24) is 19.7 Å². The highest BCUT2D eigenvalue weighted by atomic mass is 35.5. The SMILES string of the molecule is CCCCCNC(=O)c1cc(-c2cccn2C)nn1-c1ccc(Cl)cc1. The summed E-state index contributed by atoms with van der Waals surface area (Å²) in [6.45, 7) is 2.81. The molecule has 26 heavy (non-hydrogen) atoms. The number of hydrogen-bond acceptors (Lipinski definition) is 2. The minimum atomic E-state index is -0.121. The maximum absolute atomic E-state index is 12.7. The third-order valence-electron chi connectivity index (χ3n) is 4.29. The predicted molar refractivity (Wildman–Crippen MR) is 105 cm³/mol. The number of nitrogens with zero attached hydrogens (tertiary/aromatic N) is 3. The molecule has 3 rings (SSSR count). The predicted octanol–water partition coefficient (Wildman–Crippen LogP) is 4.45. The van der Waals surface area contributed by atoms with Gasteiger partial charge in [-0.2, -0.15) is 5.10 Å². The monoisotopic (exact) mass is 370 g/mol. The number of aryl methyl sites for hydroxylation is 1. The molecule has 2 aromatic heterocycles. The Morgan fingerprint density at radius 1 is 1.19 bits per heavy atom. The van der Waals surface area contributed by atoms with Crippen LogP contribution in [0, 0.1) is 0 Å². The van der Waals surface area contributed by atoms with Crippen LogP contribution >= 0.6 is 11.6 Å². The van der Waals surface area contributed by atoms with E-state index >= 15 is 0 Å². The molecule has 1 aromatic carbocycles. The fraction of sp³-hybridized carbons (Fsp3) is 0.300. The molecule has 0 aliphatic carbocycles. The minimum Gasteiger partial charge on any atom is -0.351 e. The van der Waals surface area contributed by atoms with Crippen LogP contribution in [0.5, 0.6) is 0 Å². The second-order valence-electron chi connectivity index (χ2n) is 6.27. The molecule has 5 nitrogen and oxygen atoms in total. The van der Waals surface area contributed by atoms with E-state index in [4.69, 9.17) is 11.6 Å². The van der Waals surface area contributed by atoms with Gasteiger partial charge >= 0.3 is 0 Å². The molecule has 6 heteroatoms. The first-order chi connectivity index (χ1) is 12.6. The molecule has 0 saturated carbocycles. The van der Waals surface area contributed by atoms with Crippen LogP contribution in [0.4, 0.5) is 0 Å². The summed E-state index contributed by atoms with van der Waals surface area (Å²) in [4.78, 5) is 12.7. The summed E-state index contributed by atoms with van der Waals surface area (Å²) in [7, 11) is 1.96. The van der Waals surface area contributed by atoms with Gasteiger partial charge in [-0.1, -0.05) is 31.4 Å². The molecular weight excluding hydrogens is 348 g/mol. The smallest absolute Gasteiger partial charge is 0.270 e. The van der Waals surface area contributed by atoms with Gasteiger partial charge in [0, 0.05) is 24.8 Å². The topological polar surface area (TPSA) is 51.9 Å². The highest BCUT2D eigenvalue weighted by Gasteiger charge is 2.18. The molecule has 2 heterocycles. The van der Waals surface area contributed by atoms with Gasteiger partial charge in [0.25, 0.3) is 5.91 Å². The Morgan fingerprint density at radius 3 is 2.62 bits per heavy atom. The van der Waals surface area contributed by atoms with Crippen LogP contribution in [0.2, 0.25) is 5.02 Å². The fourth-order valence-corrected chi connectivity index (χ4v) is 2.97. The van der Waals surface area contributed by atoms with E-state index in [0.29, 0.717) is 17.3 Å². The van der Waals surface area contributed by atoms with E-state index in [9.17, 15) is 4.79 Å². The number of nitrogens with one attached hydrogen (secondary N) is 1. The summed E-state index contributed by atoms with van der Waals surface area (Å²) in [5, 5.41) is 8.31. The molecular formula is C20H23ClN4O. The van der Waals surface area contributed by atoms with Crippen LogP contribution in [0.25, 0.3) is 17.1 Å². The Balaban J connectivity index is 1.95. The summed E-state index contributed by atoms with van der Waals surface area (Å²) in [6, 6.07) is 13.1. The molecule has 0 aliphatic heterocycles. The van der Waals surface area contributed by atoms with Crippen molar-refractivity contribution in [3.05, 3.63) is 59.4 Å². The van der Waals surface area contributed by atoms with E-state index < -0.39 is 0 Å². The molecule has 0 unspecified atom stereocenters. The van der Waals surface area contributed by atoms with Gasteiger partial charge in [-0.05, 0) is 48.9 Å². The first kappa shape index (κ1) is 18.3. The van der Waals surface area contributed by atoms with Crippen molar-refractivity contribution in [1.29, 1.82) is 0 Å². The third-order valence-corrected chi connectivity index (χ3v) is 4.54. The van der Waals surface area contributed by atoms with E-state index in [1.54, 1.807) is 16.8 Å². The van der Waals surface area contributed by atoms with Crippen LogP contribution in [0.15, 0.2) is 48.7 Å². The molecule has 0 fully saturated rings. The van der Waals surface area contributed by atoms with Crippen molar-refractivity contribution in [2.45, 2.75) is 26.2 Å². The largest absolute Gasteiger partial charge is 0.351 e. The van der Waals surface area contributed by atoms with E-state index in [-0.39, 0.29) is 5.91 Å². The highest BCUT2D eigenvalue weighted by Crippen LogP contribution is 2.23.